The molecule has 1 aromatic carbocycles. The molecule has 2 atom stereocenters. The summed E-state index contributed by atoms with van der Waals surface area (Å²) < 4.78 is 16.6. The number of hydrogen-bond donors (Lipinski definition) is 0. The summed E-state index contributed by atoms with van der Waals surface area (Å²) in [6.45, 7) is 1.81. The van der Waals surface area contributed by atoms with Crippen molar-refractivity contribution >= 4 is 33.4 Å². The molecule has 1 heterocycles. The van der Waals surface area contributed by atoms with Crippen LogP contribution in [0.15, 0.2) is 32.9 Å². The number of carbonyl (C=O) groups excluding carboxylic acids is 2. The molecule has 3 rings (SSSR count). The van der Waals surface area contributed by atoms with E-state index in [0.29, 0.717) is 29.2 Å². The Bertz CT molecular complexity index is 858. The molecule has 0 saturated carbocycles. The van der Waals surface area contributed by atoms with Crippen LogP contribution in [0.25, 0.3) is 0 Å². The van der Waals surface area contributed by atoms with Crippen LogP contribution in [-0.4, -0.2) is 38.8 Å². The molecule has 0 aromatic heterocycles. The molecule has 1 unspecified atom stereocenters. The lowest BCUT2D eigenvalue weighted by molar-refractivity contribution is -0.143. The van der Waals surface area contributed by atoms with Crippen LogP contribution in [0.2, 0.25) is 0 Å². The Balaban J connectivity index is 2.25. The lowest BCUT2D eigenvalue weighted by atomic mass is 9.71. The molecular weight excluding hydrogens is 414 g/mol. The third-order valence-corrected chi connectivity index (χ3v) is 5.81. The van der Waals surface area contributed by atoms with Gasteiger partial charge in [0, 0.05) is 33.8 Å². The average molecular weight is 436 g/mol. The van der Waals surface area contributed by atoms with Crippen molar-refractivity contribution in [3.63, 3.8) is 0 Å². The third-order valence-electron chi connectivity index (χ3n) is 5.13. The number of rotatable bonds is 4. The lowest BCUT2D eigenvalue weighted by Gasteiger charge is -2.34. The number of nitrogens with zero attached hydrogens (tertiary/aromatic N) is 1. The molecule has 7 heteroatoms. The standard InChI is InChI=1S/C20H22BrNO5/c1-10-17(20(24)27-4)18(19-13(22-10)6-5-7-14(19)23)11-8-15(25-2)16(26-3)9-12(11)21/h8-9,17-18H,5-7H2,1-4H3/t17?,18-/m1/s1. The van der Waals surface area contributed by atoms with E-state index in [1.807, 2.05) is 13.0 Å². The number of methoxy groups -OCH3 is 3. The third kappa shape index (κ3) is 3.40. The molecule has 0 saturated heterocycles. The quantitative estimate of drug-likeness (QED) is 0.671. The number of benzene rings is 1. The summed E-state index contributed by atoms with van der Waals surface area (Å²) in [5.74, 6) is -0.420. The molecule has 1 aliphatic heterocycles. The zero-order chi connectivity index (χ0) is 19.7. The van der Waals surface area contributed by atoms with Crippen molar-refractivity contribution in [2.24, 2.45) is 10.9 Å². The van der Waals surface area contributed by atoms with E-state index in [-0.39, 0.29) is 5.78 Å². The van der Waals surface area contributed by atoms with Crippen molar-refractivity contribution in [2.45, 2.75) is 32.1 Å². The normalized spacial score (nSPS) is 22.1. The van der Waals surface area contributed by atoms with Crippen LogP contribution in [-0.2, 0) is 14.3 Å². The Kier molecular flexibility index (Phi) is 5.69. The minimum atomic E-state index is -0.662. The van der Waals surface area contributed by atoms with Gasteiger partial charge in [-0.1, -0.05) is 15.9 Å². The van der Waals surface area contributed by atoms with Gasteiger partial charge in [0.15, 0.2) is 17.3 Å². The van der Waals surface area contributed by atoms with Gasteiger partial charge in [0.1, 0.15) is 5.92 Å². The van der Waals surface area contributed by atoms with E-state index in [2.05, 4.69) is 20.9 Å². The highest BCUT2D eigenvalue weighted by Crippen LogP contribution is 2.47. The maximum Gasteiger partial charge on any atom is 0.315 e. The Morgan fingerprint density at radius 2 is 1.81 bits per heavy atom. The van der Waals surface area contributed by atoms with Crippen LogP contribution in [0.5, 0.6) is 11.5 Å². The topological polar surface area (TPSA) is 74.2 Å². The van der Waals surface area contributed by atoms with Crippen molar-refractivity contribution in [2.75, 3.05) is 21.3 Å². The van der Waals surface area contributed by atoms with Crippen LogP contribution in [0.3, 0.4) is 0 Å². The SMILES string of the molecule is COC(=O)C1C(C)=NC2=C(C(=O)CCC2)[C@@H]1c1cc(OC)c(OC)cc1Br. The molecule has 144 valence electrons. The average Bonchev–Trinajstić information content (AvgIpc) is 2.66. The highest BCUT2D eigenvalue weighted by atomic mass is 79.9. The Morgan fingerprint density at radius 3 is 2.44 bits per heavy atom. The number of hydrogen-bond acceptors (Lipinski definition) is 6. The van der Waals surface area contributed by atoms with E-state index < -0.39 is 17.8 Å². The Hall–Kier alpha value is -2.15. The summed E-state index contributed by atoms with van der Waals surface area (Å²) in [7, 11) is 4.46. The maximum atomic E-state index is 12.8. The second-order valence-corrected chi connectivity index (χ2v) is 7.45. The lowest BCUT2D eigenvalue weighted by Crippen LogP contribution is -2.37. The van der Waals surface area contributed by atoms with Crippen molar-refractivity contribution in [3.8, 4) is 11.5 Å². The van der Waals surface area contributed by atoms with E-state index >= 15 is 0 Å². The number of ether oxygens (including phenoxy) is 3. The van der Waals surface area contributed by atoms with Gasteiger partial charge >= 0.3 is 5.97 Å². The fourth-order valence-corrected chi connectivity index (χ4v) is 4.45. The highest BCUT2D eigenvalue weighted by Gasteiger charge is 2.43. The predicted molar refractivity (Wildman–Crippen MR) is 104 cm³/mol. The summed E-state index contributed by atoms with van der Waals surface area (Å²) in [6.07, 6.45) is 1.97. The van der Waals surface area contributed by atoms with Gasteiger partial charge in [0.2, 0.25) is 0 Å². The largest absolute Gasteiger partial charge is 0.493 e. The first-order valence-electron chi connectivity index (χ1n) is 8.73. The van der Waals surface area contributed by atoms with Gasteiger partial charge in [-0.25, -0.2) is 0 Å². The summed E-state index contributed by atoms with van der Waals surface area (Å²) >= 11 is 3.58. The molecule has 6 nitrogen and oxygen atoms in total. The van der Waals surface area contributed by atoms with Gasteiger partial charge < -0.3 is 14.2 Å². The molecule has 0 amide bonds. The molecule has 0 bridgehead atoms. The smallest absolute Gasteiger partial charge is 0.315 e. The van der Waals surface area contributed by atoms with E-state index in [0.717, 1.165) is 28.6 Å². The highest BCUT2D eigenvalue weighted by molar-refractivity contribution is 9.10. The molecule has 27 heavy (non-hydrogen) atoms. The molecular formula is C20H22BrNO5. The first kappa shape index (κ1) is 19.6. The van der Waals surface area contributed by atoms with Gasteiger partial charge in [0.25, 0.3) is 0 Å². The van der Waals surface area contributed by atoms with Crippen LogP contribution in [0, 0.1) is 5.92 Å². The summed E-state index contributed by atoms with van der Waals surface area (Å²) in [5, 5.41) is 0. The summed E-state index contributed by atoms with van der Waals surface area (Å²) in [4.78, 5) is 30.0. The monoisotopic (exact) mass is 435 g/mol. The molecule has 0 fully saturated rings. The second-order valence-electron chi connectivity index (χ2n) is 6.60. The minimum Gasteiger partial charge on any atom is -0.493 e. The molecule has 0 N–H and O–H groups in total. The zero-order valence-electron chi connectivity index (χ0n) is 15.8. The van der Waals surface area contributed by atoms with E-state index in [4.69, 9.17) is 14.2 Å². The summed E-state index contributed by atoms with van der Waals surface area (Å²) in [6, 6.07) is 3.60. The molecule has 2 aliphatic rings. The number of aliphatic imine (C=N–C) groups is 1. The van der Waals surface area contributed by atoms with E-state index in [9.17, 15) is 9.59 Å². The Labute approximate surface area is 166 Å². The van der Waals surface area contributed by atoms with Gasteiger partial charge in [0.05, 0.1) is 21.3 Å². The number of carbonyl (C=O) groups is 2. The zero-order valence-corrected chi connectivity index (χ0v) is 17.4. The van der Waals surface area contributed by atoms with Crippen molar-refractivity contribution in [1.29, 1.82) is 0 Å². The molecule has 0 radical (unpaired) electrons. The van der Waals surface area contributed by atoms with Crippen LogP contribution in [0.4, 0.5) is 0 Å². The Morgan fingerprint density at radius 1 is 1.15 bits per heavy atom. The van der Waals surface area contributed by atoms with Crippen LogP contribution in [0.1, 0.15) is 37.7 Å². The number of esters is 1. The number of Topliss-reactive ketones (excluding diaryl/α,β-unsaturated/α-hetero) is 1. The fraction of sp³-hybridized carbons (Fsp3) is 0.450. The molecule has 1 aromatic rings. The van der Waals surface area contributed by atoms with Gasteiger partial charge in [-0.15, -0.1) is 0 Å². The van der Waals surface area contributed by atoms with Crippen LogP contribution < -0.4 is 9.47 Å². The first-order valence-corrected chi connectivity index (χ1v) is 9.52. The first-order chi connectivity index (χ1) is 12.9. The van der Waals surface area contributed by atoms with E-state index in [1.165, 1.54) is 7.11 Å². The summed E-state index contributed by atoms with van der Waals surface area (Å²) in [5.41, 5.74) is 2.81. The van der Waals surface area contributed by atoms with Crippen molar-refractivity contribution in [1.82, 2.24) is 0 Å². The number of ketones is 1. The van der Waals surface area contributed by atoms with Crippen molar-refractivity contribution in [3.05, 3.63) is 33.4 Å². The van der Waals surface area contributed by atoms with Gasteiger partial charge in [-0.05, 0) is 37.5 Å². The van der Waals surface area contributed by atoms with Gasteiger partial charge in [-0.3, -0.25) is 14.6 Å². The number of allylic oxidation sites excluding steroid dienone is 2. The maximum absolute atomic E-state index is 12.8. The minimum absolute atomic E-state index is 0.0353. The van der Waals surface area contributed by atoms with E-state index in [1.54, 1.807) is 20.3 Å². The van der Waals surface area contributed by atoms with Crippen LogP contribution >= 0.6 is 15.9 Å². The van der Waals surface area contributed by atoms with Gasteiger partial charge in [-0.2, -0.15) is 0 Å². The van der Waals surface area contributed by atoms with Crippen molar-refractivity contribution < 1.29 is 23.8 Å². The fourth-order valence-electron chi connectivity index (χ4n) is 3.88. The molecule has 1 aliphatic carbocycles. The second kappa shape index (κ2) is 7.84. The predicted octanol–water partition coefficient (Wildman–Crippen LogP) is 3.82. The number of halogens is 1. The molecule has 0 spiro atoms.